The number of hydrogen-bond acceptors (Lipinski definition) is 3. The summed E-state index contributed by atoms with van der Waals surface area (Å²) in [6.07, 6.45) is 3.55. The zero-order valence-corrected chi connectivity index (χ0v) is 9.01. The summed E-state index contributed by atoms with van der Waals surface area (Å²) in [7, 11) is 0. The van der Waals surface area contributed by atoms with Gasteiger partial charge in [0.25, 0.3) is 0 Å². The van der Waals surface area contributed by atoms with Crippen LogP contribution in [0.4, 0.5) is 5.95 Å². The normalized spacial score (nSPS) is 11.3. The first kappa shape index (κ1) is 9.65. The highest BCUT2D eigenvalue weighted by molar-refractivity contribution is 5.79. The third kappa shape index (κ3) is 2.03. The Morgan fingerprint density at radius 1 is 1.18 bits per heavy atom. The summed E-state index contributed by atoms with van der Waals surface area (Å²) in [6.45, 7) is 0. The molecule has 3 aromatic rings. The molecule has 84 valence electrons. The molecule has 0 atom stereocenters. The van der Waals surface area contributed by atoms with Crippen LogP contribution in [0.2, 0.25) is 0 Å². The highest BCUT2D eigenvalue weighted by Gasteiger charge is 1.98. The summed E-state index contributed by atoms with van der Waals surface area (Å²) in [5, 5.41) is 4.08. The van der Waals surface area contributed by atoms with Crippen LogP contribution < -0.4 is 5.43 Å². The first-order chi connectivity index (χ1) is 8.42. The largest absolute Gasteiger partial charge is 0.360 e. The maximum Gasteiger partial charge on any atom is 0.222 e. The molecule has 2 aromatic heterocycles. The number of aromatic nitrogens is 3. The smallest absolute Gasteiger partial charge is 0.222 e. The molecule has 0 saturated carbocycles. The Labute approximate surface area is 97.6 Å². The van der Waals surface area contributed by atoms with E-state index in [1.54, 1.807) is 6.21 Å². The first-order valence-electron chi connectivity index (χ1n) is 5.29. The van der Waals surface area contributed by atoms with Crippen molar-refractivity contribution < 1.29 is 0 Å². The molecule has 0 radical (unpaired) electrons. The van der Waals surface area contributed by atoms with Crippen molar-refractivity contribution in [2.24, 2.45) is 5.10 Å². The van der Waals surface area contributed by atoms with E-state index in [0.717, 1.165) is 16.7 Å². The fourth-order valence-corrected chi connectivity index (χ4v) is 1.59. The predicted molar refractivity (Wildman–Crippen MR) is 68.1 cm³/mol. The molecule has 0 aliphatic rings. The van der Waals surface area contributed by atoms with Crippen LogP contribution >= 0.6 is 0 Å². The summed E-state index contributed by atoms with van der Waals surface area (Å²) in [5.41, 5.74) is 5.71. The second-order valence-electron chi connectivity index (χ2n) is 3.60. The Balaban J connectivity index is 1.77. The van der Waals surface area contributed by atoms with Crippen LogP contribution in [-0.4, -0.2) is 21.2 Å². The van der Waals surface area contributed by atoms with Gasteiger partial charge in [0.15, 0.2) is 0 Å². The molecule has 3 rings (SSSR count). The molecule has 0 aliphatic carbocycles. The Morgan fingerprint density at radius 2 is 2.12 bits per heavy atom. The minimum Gasteiger partial charge on any atom is -0.360 e. The molecular formula is C12H11N5. The molecule has 0 aliphatic heterocycles. The van der Waals surface area contributed by atoms with E-state index in [4.69, 9.17) is 0 Å². The lowest BCUT2D eigenvalue weighted by molar-refractivity contribution is 1.21. The van der Waals surface area contributed by atoms with E-state index in [1.165, 1.54) is 0 Å². The number of hydrogen-bond donors (Lipinski definition) is 3. The maximum atomic E-state index is 4.34. The van der Waals surface area contributed by atoms with Gasteiger partial charge in [-0.05, 0) is 24.3 Å². The van der Waals surface area contributed by atoms with Crippen LogP contribution in [-0.2, 0) is 0 Å². The molecule has 0 spiro atoms. The van der Waals surface area contributed by atoms with Gasteiger partial charge < -0.3 is 9.97 Å². The minimum absolute atomic E-state index is 0.633. The highest BCUT2D eigenvalue weighted by atomic mass is 15.4. The molecule has 3 N–H and O–H groups in total. The van der Waals surface area contributed by atoms with Crippen molar-refractivity contribution in [2.75, 3.05) is 5.43 Å². The lowest BCUT2D eigenvalue weighted by Crippen LogP contribution is -1.92. The lowest BCUT2D eigenvalue weighted by Gasteiger charge is -1.91. The van der Waals surface area contributed by atoms with Crippen LogP contribution in [0, 0.1) is 0 Å². The number of fused-ring (bicyclic) bond motifs is 1. The Bertz CT molecular complexity index is 603. The number of para-hydroxylation sites is 2. The molecule has 0 amide bonds. The molecule has 17 heavy (non-hydrogen) atoms. The summed E-state index contributed by atoms with van der Waals surface area (Å²) < 4.78 is 0. The molecule has 0 saturated heterocycles. The molecular weight excluding hydrogens is 214 g/mol. The van der Waals surface area contributed by atoms with E-state index in [2.05, 4.69) is 25.5 Å². The third-order valence-corrected chi connectivity index (χ3v) is 2.39. The Morgan fingerprint density at radius 3 is 2.94 bits per heavy atom. The number of nitrogens with zero attached hydrogens (tertiary/aromatic N) is 2. The Kier molecular flexibility index (Phi) is 2.34. The first-order valence-corrected chi connectivity index (χ1v) is 5.29. The van der Waals surface area contributed by atoms with Crippen molar-refractivity contribution in [1.29, 1.82) is 0 Å². The summed E-state index contributed by atoms with van der Waals surface area (Å²) in [4.78, 5) is 10.5. The molecule has 5 nitrogen and oxygen atoms in total. The number of imidazole rings is 1. The molecule has 0 bridgehead atoms. The quantitative estimate of drug-likeness (QED) is 0.473. The monoisotopic (exact) mass is 225 g/mol. The van der Waals surface area contributed by atoms with Crippen molar-refractivity contribution in [3.63, 3.8) is 0 Å². The van der Waals surface area contributed by atoms with Gasteiger partial charge in [-0.2, -0.15) is 5.10 Å². The predicted octanol–water partition coefficient (Wildman–Crippen LogP) is 2.34. The second-order valence-corrected chi connectivity index (χ2v) is 3.60. The number of hydrazone groups is 1. The fourth-order valence-electron chi connectivity index (χ4n) is 1.59. The highest BCUT2D eigenvalue weighted by Crippen LogP contribution is 2.12. The molecule has 0 unspecified atom stereocenters. The van der Waals surface area contributed by atoms with E-state index >= 15 is 0 Å². The van der Waals surface area contributed by atoms with Gasteiger partial charge in [0.05, 0.1) is 22.9 Å². The summed E-state index contributed by atoms with van der Waals surface area (Å²) in [5.74, 6) is 0.633. The average Bonchev–Trinajstić information content (AvgIpc) is 2.96. The fraction of sp³-hybridized carbons (Fsp3) is 0. The van der Waals surface area contributed by atoms with E-state index in [-0.39, 0.29) is 0 Å². The number of benzene rings is 1. The Hall–Kier alpha value is -2.56. The van der Waals surface area contributed by atoms with Gasteiger partial charge in [-0.25, -0.2) is 10.4 Å². The SMILES string of the molecule is C(=N\Nc1nc2ccccc2[nH]1)/c1ccc[nH]1. The van der Waals surface area contributed by atoms with Crippen LogP contribution in [0.25, 0.3) is 11.0 Å². The van der Waals surface area contributed by atoms with Crippen molar-refractivity contribution in [3.05, 3.63) is 48.3 Å². The van der Waals surface area contributed by atoms with Gasteiger partial charge in [0.2, 0.25) is 5.95 Å². The molecule has 0 fully saturated rings. The van der Waals surface area contributed by atoms with Crippen molar-refractivity contribution in [2.45, 2.75) is 0 Å². The zero-order chi connectivity index (χ0) is 11.5. The van der Waals surface area contributed by atoms with Crippen molar-refractivity contribution in [3.8, 4) is 0 Å². The standard InChI is InChI=1S/C12H11N5/c1-2-6-11-10(5-1)15-12(16-11)17-14-8-9-4-3-7-13-9/h1-8,13H,(H2,15,16,17)/b14-8+. The van der Waals surface area contributed by atoms with Gasteiger partial charge in [-0.15, -0.1) is 0 Å². The second kappa shape index (κ2) is 4.13. The van der Waals surface area contributed by atoms with Gasteiger partial charge in [-0.1, -0.05) is 12.1 Å². The average molecular weight is 225 g/mol. The number of nitrogens with one attached hydrogen (secondary N) is 3. The van der Waals surface area contributed by atoms with Gasteiger partial charge >= 0.3 is 0 Å². The topological polar surface area (TPSA) is 68.9 Å². The van der Waals surface area contributed by atoms with Crippen molar-refractivity contribution in [1.82, 2.24) is 15.0 Å². The van der Waals surface area contributed by atoms with Crippen LogP contribution in [0.15, 0.2) is 47.7 Å². The zero-order valence-electron chi connectivity index (χ0n) is 9.01. The van der Waals surface area contributed by atoms with E-state index in [0.29, 0.717) is 5.95 Å². The van der Waals surface area contributed by atoms with Crippen molar-refractivity contribution >= 4 is 23.2 Å². The number of aromatic amines is 2. The van der Waals surface area contributed by atoms with Gasteiger partial charge in [0.1, 0.15) is 0 Å². The number of anilines is 1. The number of H-pyrrole nitrogens is 2. The van der Waals surface area contributed by atoms with Gasteiger partial charge in [0, 0.05) is 6.20 Å². The summed E-state index contributed by atoms with van der Waals surface area (Å²) >= 11 is 0. The third-order valence-electron chi connectivity index (χ3n) is 2.39. The van der Waals surface area contributed by atoms with E-state index in [9.17, 15) is 0 Å². The molecule has 1 aromatic carbocycles. The maximum absolute atomic E-state index is 4.34. The summed E-state index contributed by atoms with van der Waals surface area (Å²) in [6, 6.07) is 11.7. The minimum atomic E-state index is 0.633. The van der Waals surface area contributed by atoms with Gasteiger partial charge in [-0.3, -0.25) is 0 Å². The molecule has 5 heteroatoms. The lowest BCUT2D eigenvalue weighted by atomic mass is 10.3. The van der Waals surface area contributed by atoms with Crippen LogP contribution in [0.5, 0.6) is 0 Å². The van der Waals surface area contributed by atoms with E-state index < -0.39 is 0 Å². The number of rotatable bonds is 3. The van der Waals surface area contributed by atoms with Crippen LogP contribution in [0.1, 0.15) is 5.69 Å². The van der Waals surface area contributed by atoms with E-state index in [1.807, 2.05) is 42.6 Å². The van der Waals surface area contributed by atoms with Crippen LogP contribution in [0.3, 0.4) is 0 Å². The molecule has 2 heterocycles.